The number of likely N-dealkylation sites (tertiary alicyclic amines) is 1. The molecule has 0 aromatic carbocycles. The fourth-order valence-electron chi connectivity index (χ4n) is 3.61. The zero-order valence-electron chi connectivity index (χ0n) is 17.7. The summed E-state index contributed by atoms with van der Waals surface area (Å²) in [5, 5.41) is 3.23. The Morgan fingerprint density at radius 1 is 1.36 bits per heavy atom. The number of hydrogen-bond donors (Lipinski definition) is 1. The highest BCUT2D eigenvalue weighted by Gasteiger charge is 2.24. The number of unbranched alkanes of at least 4 members (excludes halogenated alkanes) is 2. The van der Waals surface area contributed by atoms with Crippen molar-refractivity contribution < 1.29 is 14.3 Å². The number of nitrogens with zero attached hydrogens (tertiary/aromatic N) is 3. The van der Waals surface area contributed by atoms with Crippen LogP contribution in [0.3, 0.4) is 0 Å². The number of imidazole rings is 1. The lowest BCUT2D eigenvalue weighted by Crippen LogP contribution is -2.33. The average Bonchev–Trinajstić information content (AvgIpc) is 3.33. The number of carbonyl (C=O) groups excluding carboxylic acids is 2. The van der Waals surface area contributed by atoms with Gasteiger partial charge < -0.3 is 19.5 Å². The molecule has 2 heterocycles. The van der Waals surface area contributed by atoms with Crippen LogP contribution in [-0.4, -0.2) is 58.6 Å². The molecule has 1 saturated heterocycles. The summed E-state index contributed by atoms with van der Waals surface area (Å²) < 4.78 is 7.44. The third-order valence-electron chi connectivity index (χ3n) is 5.42. The quantitative estimate of drug-likeness (QED) is 0.437. The van der Waals surface area contributed by atoms with Crippen molar-refractivity contribution >= 4 is 11.9 Å². The molecule has 2 rings (SSSR count). The summed E-state index contributed by atoms with van der Waals surface area (Å²) in [6.45, 7) is 6.26. The van der Waals surface area contributed by atoms with Crippen molar-refractivity contribution in [3.63, 3.8) is 0 Å². The third-order valence-corrected chi connectivity index (χ3v) is 5.42. The van der Waals surface area contributed by atoms with E-state index >= 15 is 0 Å². The Balaban J connectivity index is 1.71. The van der Waals surface area contributed by atoms with E-state index in [0.717, 1.165) is 38.2 Å². The number of ether oxygens (including phenoxy) is 1. The molecule has 1 amide bonds. The highest BCUT2D eigenvalue weighted by molar-refractivity contribution is 5.76. The van der Waals surface area contributed by atoms with Gasteiger partial charge in [-0.05, 0) is 33.2 Å². The predicted molar refractivity (Wildman–Crippen MR) is 109 cm³/mol. The minimum Gasteiger partial charge on any atom is -0.463 e. The van der Waals surface area contributed by atoms with E-state index in [1.54, 1.807) is 6.20 Å². The Kier molecular flexibility index (Phi) is 9.47. The molecule has 0 aliphatic carbocycles. The lowest BCUT2D eigenvalue weighted by atomic mass is 10.1. The Hall–Kier alpha value is -1.89. The lowest BCUT2D eigenvalue weighted by molar-refractivity contribution is -0.148. The van der Waals surface area contributed by atoms with Crippen LogP contribution in [0.2, 0.25) is 0 Å². The highest BCUT2D eigenvalue weighted by Crippen LogP contribution is 2.12. The largest absolute Gasteiger partial charge is 0.463 e. The first-order valence-corrected chi connectivity index (χ1v) is 10.7. The normalized spacial score (nSPS) is 17.7. The van der Waals surface area contributed by atoms with Crippen LogP contribution in [0.4, 0.5) is 0 Å². The first kappa shape index (κ1) is 22.4. The molecule has 7 nitrogen and oxygen atoms in total. The number of likely N-dealkylation sites (N-methyl/N-ethyl adjacent to an activating group) is 1. The maximum atomic E-state index is 12.4. The summed E-state index contributed by atoms with van der Waals surface area (Å²) in [5.74, 6) is 0.851. The molecule has 0 saturated carbocycles. The number of nitrogens with one attached hydrogen (secondary N) is 1. The number of amides is 1. The zero-order chi connectivity index (χ0) is 20.4. The maximum Gasteiger partial charge on any atom is 0.307 e. The van der Waals surface area contributed by atoms with Crippen LogP contribution in [-0.2, 0) is 27.3 Å². The number of hydrogen-bond acceptors (Lipinski definition) is 5. The van der Waals surface area contributed by atoms with Gasteiger partial charge in [-0.2, -0.15) is 0 Å². The second-order valence-electron chi connectivity index (χ2n) is 7.70. The number of rotatable bonds is 12. The van der Waals surface area contributed by atoms with Crippen molar-refractivity contribution in [1.82, 2.24) is 19.8 Å². The molecule has 7 heteroatoms. The van der Waals surface area contributed by atoms with Crippen LogP contribution in [0.15, 0.2) is 12.4 Å². The Labute approximate surface area is 168 Å². The lowest BCUT2D eigenvalue weighted by Gasteiger charge is -2.16. The Morgan fingerprint density at radius 3 is 2.89 bits per heavy atom. The number of aromatic nitrogens is 2. The van der Waals surface area contributed by atoms with E-state index in [0.29, 0.717) is 31.8 Å². The number of aryl methyl sites for hydroxylation is 2. The van der Waals surface area contributed by atoms with Gasteiger partial charge in [0.05, 0.1) is 12.5 Å². The van der Waals surface area contributed by atoms with Gasteiger partial charge in [-0.15, -0.1) is 0 Å². The molecule has 2 unspecified atom stereocenters. The molecule has 158 valence electrons. The molecule has 0 bridgehead atoms. The summed E-state index contributed by atoms with van der Waals surface area (Å²) in [7, 11) is 1.94. The van der Waals surface area contributed by atoms with Gasteiger partial charge in [-0.25, -0.2) is 4.98 Å². The van der Waals surface area contributed by atoms with Gasteiger partial charge in [0.2, 0.25) is 5.91 Å². The van der Waals surface area contributed by atoms with Gasteiger partial charge in [-0.1, -0.05) is 19.8 Å². The second-order valence-corrected chi connectivity index (χ2v) is 7.70. The zero-order valence-corrected chi connectivity index (χ0v) is 17.7. The smallest absolute Gasteiger partial charge is 0.307 e. The molecule has 1 aromatic rings. The number of esters is 1. The predicted octanol–water partition coefficient (Wildman–Crippen LogP) is 2.54. The van der Waals surface area contributed by atoms with Crippen molar-refractivity contribution in [1.29, 1.82) is 0 Å². The van der Waals surface area contributed by atoms with Crippen LogP contribution in [0.1, 0.15) is 64.6 Å². The standard InChI is InChI=1S/C21H36N4O3/c1-4-5-6-7-17(2)28-21(27)11-14-24-15-12-23-19(24)8-9-20(26)25-13-10-18(16-25)22-3/h12,15,17-18,22H,4-11,13-14,16H2,1-3H3. The van der Waals surface area contributed by atoms with Gasteiger partial charge in [0.25, 0.3) is 0 Å². The molecule has 2 atom stereocenters. The molecular formula is C21H36N4O3. The summed E-state index contributed by atoms with van der Waals surface area (Å²) in [5.41, 5.74) is 0. The molecule has 1 aromatic heterocycles. The van der Waals surface area contributed by atoms with Crippen LogP contribution in [0, 0.1) is 0 Å². The van der Waals surface area contributed by atoms with Gasteiger partial charge >= 0.3 is 5.97 Å². The van der Waals surface area contributed by atoms with Crippen molar-refractivity contribution in [3.8, 4) is 0 Å². The molecule has 1 fully saturated rings. The molecule has 1 aliphatic rings. The number of carbonyl (C=O) groups is 2. The highest BCUT2D eigenvalue weighted by atomic mass is 16.5. The van der Waals surface area contributed by atoms with E-state index < -0.39 is 0 Å². The summed E-state index contributed by atoms with van der Waals surface area (Å²) in [4.78, 5) is 30.7. The monoisotopic (exact) mass is 392 g/mol. The Morgan fingerprint density at radius 2 is 2.18 bits per heavy atom. The van der Waals surface area contributed by atoms with Crippen LogP contribution >= 0.6 is 0 Å². The van der Waals surface area contributed by atoms with Crippen molar-refractivity contribution in [3.05, 3.63) is 18.2 Å². The fourth-order valence-corrected chi connectivity index (χ4v) is 3.61. The summed E-state index contributed by atoms with van der Waals surface area (Å²) in [6.07, 6.45) is 10.3. The van der Waals surface area contributed by atoms with Gasteiger partial charge in [0.15, 0.2) is 0 Å². The van der Waals surface area contributed by atoms with E-state index in [2.05, 4.69) is 17.2 Å². The van der Waals surface area contributed by atoms with Gasteiger partial charge in [0.1, 0.15) is 5.82 Å². The van der Waals surface area contributed by atoms with Gasteiger partial charge in [0, 0.05) is 50.9 Å². The molecule has 1 aliphatic heterocycles. The third kappa shape index (κ3) is 7.26. The molecule has 0 spiro atoms. The van der Waals surface area contributed by atoms with E-state index in [9.17, 15) is 9.59 Å². The minimum atomic E-state index is -0.171. The van der Waals surface area contributed by atoms with E-state index in [1.807, 2.05) is 29.6 Å². The van der Waals surface area contributed by atoms with E-state index in [4.69, 9.17) is 4.74 Å². The van der Waals surface area contributed by atoms with E-state index in [1.165, 1.54) is 12.8 Å². The SMILES string of the molecule is CCCCCC(C)OC(=O)CCn1ccnc1CCC(=O)N1CCC(NC)C1. The van der Waals surface area contributed by atoms with Crippen molar-refractivity contribution in [2.75, 3.05) is 20.1 Å². The second kappa shape index (κ2) is 11.8. The van der Waals surface area contributed by atoms with Gasteiger partial charge in [-0.3, -0.25) is 9.59 Å². The fraction of sp³-hybridized carbons (Fsp3) is 0.762. The first-order valence-electron chi connectivity index (χ1n) is 10.7. The van der Waals surface area contributed by atoms with Crippen LogP contribution < -0.4 is 5.32 Å². The molecule has 1 N–H and O–H groups in total. The molecular weight excluding hydrogens is 356 g/mol. The average molecular weight is 393 g/mol. The van der Waals surface area contributed by atoms with Crippen molar-refractivity contribution in [2.24, 2.45) is 0 Å². The minimum absolute atomic E-state index is 0.0270. The van der Waals surface area contributed by atoms with Crippen LogP contribution in [0.25, 0.3) is 0 Å². The first-order chi connectivity index (χ1) is 13.5. The van der Waals surface area contributed by atoms with E-state index in [-0.39, 0.29) is 18.0 Å². The maximum absolute atomic E-state index is 12.4. The summed E-state index contributed by atoms with van der Waals surface area (Å²) in [6, 6.07) is 0.404. The molecule has 0 radical (unpaired) electrons. The molecule has 28 heavy (non-hydrogen) atoms. The topological polar surface area (TPSA) is 76.5 Å². The summed E-state index contributed by atoms with van der Waals surface area (Å²) >= 11 is 0. The van der Waals surface area contributed by atoms with Crippen LogP contribution in [0.5, 0.6) is 0 Å². The van der Waals surface area contributed by atoms with Crippen molar-refractivity contribution in [2.45, 2.75) is 83.9 Å². The Bertz CT molecular complexity index is 617.